The largest absolute Gasteiger partial charge is 0.380 e. The van der Waals surface area contributed by atoms with Crippen LogP contribution in [0.2, 0.25) is 0 Å². The number of ether oxygens (including phenoxy) is 1. The van der Waals surface area contributed by atoms with E-state index in [0.717, 1.165) is 31.9 Å². The Morgan fingerprint density at radius 2 is 2.46 bits per heavy atom. The summed E-state index contributed by atoms with van der Waals surface area (Å²) < 4.78 is 6.07. The number of nitrogens with one attached hydrogen (secondary N) is 1. The standard InChI is InChI=1S/C8H12BrN3O/c1-8(3-2-4-13-5-8)6-10-7(9)12-11-6/h2-5H2,1H3,(H,10,11,12). The van der Waals surface area contributed by atoms with Crippen LogP contribution >= 0.6 is 15.9 Å². The van der Waals surface area contributed by atoms with Crippen LogP contribution in [0.4, 0.5) is 0 Å². The molecule has 0 spiro atoms. The number of nitrogens with zero attached hydrogens (tertiary/aromatic N) is 2. The van der Waals surface area contributed by atoms with Crippen molar-refractivity contribution in [1.29, 1.82) is 0 Å². The Bertz CT molecular complexity index is 293. The second-order valence-electron chi connectivity index (χ2n) is 3.67. The fourth-order valence-corrected chi connectivity index (χ4v) is 1.90. The molecule has 0 aliphatic carbocycles. The van der Waals surface area contributed by atoms with Crippen LogP contribution in [0.5, 0.6) is 0 Å². The maximum Gasteiger partial charge on any atom is 0.217 e. The normalized spacial score (nSPS) is 29.1. The van der Waals surface area contributed by atoms with Crippen molar-refractivity contribution in [2.45, 2.75) is 25.2 Å². The van der Waals surface area contributed by atoms with Crippen molar-refractivity contribution in [3.63, 3.8) is 0 Å². The summed E-state index contributed by atoms with van der Waals surface area (Å²) in [5, 5.41) is 6.89. The number of H-pyrrole nitrogens is 1. The van der Waals surface area contributed by atoms with Gasteiger partial charge in [-0.1, -0.05) is 6.92 Å². The number of halogens is 1. The van der Waals surface area contributed by atoms with Crippen LogP contribution in [0.3, 0.4) is 0 Å². The van der Waals surface area contributed by atoms with Crippen molar-refractivity contribution < 1.29 is 4.74 Å². The molecule has 0 radical (unpaired) electrons. The minimum Gasteiger partial charge on any atom is -0.380 e. The maximum atomic E-state index is 5.45. The molecule has 1 aliphatic heterocycles. The van der Waals surface area contributed by atoms with Gasteiger partial charge in [0.1, 0.15) is 5.82 Å². The lowest BCUT2D eigenvalue weighted by Gasteiger charge is -2.30. The van der Waals surface area contributed by atoms with Crippen molar-refractivity contribution >= 4 is 15.9 Å². The van der Waals surface area contributed by atoms with E-state index in [1.807, 2.05) is 0 Å². The zero-order valence-corrected chi connectivity index (χ0v) is 9.10. The molecule has 1 aromatic rings. The van der Waals surface area contributed by atoms with Gasteiger partial charge in [0.05, 0.1) is 12.0 Å². The predicted molar refractivity (Wildman–Crippen MR) is 51.5 cm³/mol. The lowest BCUT2D eigenvalue weighted by atomic mass is 9.84. The van der Waals surface area contributed by atoms with Gasteiger partial charge in [0.25, 0.3) is 0 Å². The molecule has 4 nitrogen and oxygen atoms in total. The molecule has 72 valence electrons. The van der Waals surface area contributed by atoms with Crippen LogP contribution in [0.25, 0.3) is 0 Å². The van der Waals surface area contributed by atoms with Crippen LogP contribution in [0, 0.1) is 0 Å². The van der Waals surface area contributed by atoms with Gasteiger partial charge in [0.15, 0.2) is 0 Å². The number of hydrogen-bond acceptors (Lipinski definition) is 3. The Hall–Kier alpha value is -0.420. The molecule has 0 amide bonds. The molecule has 0 bridgehead atoms. The predicted octanol–water partition coefficient (Wildman–Crippen LogP) is 1.64. The van der Waals surface area contributed by atoms with E-state index in [4.69, 9.17) is 4.74 Å². The van der Waals surface area contributed by atoms with E-state index in [1.165, 1.54) is 0 Å². The fourth-order valence-electron chi connectivity index (χ4n) is 1.63. The molecule has 2 rings (SSSR count). The Kier molecular flexibility index (Phi) is 2.38. The highest BCUT2D eigenvalue weighted by molar-refractivity contribution is 9.10. The molecule has 1 atom stereocenters. The second kappa shape index (κ2) is 3.38. The molecular formula is C8H12BrN3O. The van der Waals surface area contributed by atoms with Crippen molar-refractivity contribution in [1.82, 2.24) is 15.2 Å². The van der Waals surface area contributed by atoms with E-state index in [-0.39, 0.29) is 5.41 Å². The second-order valence-corrected chi connectivity index (χ2v) is 4.38. The topological polar surface area (TPSA) is 50.8 Å². The van der Waals surface area contributed by atoms with E-state index >= 15 is 0 Å². The van der Waals surface area contributed by atoms with E-state index in [1.54, 1.807) is 0 Å². The first kappa shape index (κ1) is 9.15. The average Bonchev–Trinajstić information content (AvgIpc) is 2.54. The van der Waals surface area contributed by atoms with Crippen molar-refractivity contribution in [3.05, 3.63) is 10.6 Å². The number of rotatable bonds is 1. The van der Waals surface area contributed by atoms with E-state index < -0.39 is 0 Å². The molecule has 5 heteroatoms. The van der Waals surface area contributed by atoms with Crippen LogP contribution < -0.4 is 0 Å². The maximum absolute atomic E-state index is 5.45. The van der Waals surface area contributed by atoms with Crippen molar-refractivity contribution in [2.75, 3.05) is 13.2 Å². The highest BCUT2D eigenvalue weighted by Crippen LogP contribution is 2.30. The van der Waals surface area contributed by atoms with Gasteiger partial charge >= 0.3 is 0 Å². The molecule has 1 aromatic heterocycles. The summed E-state index contributed by atoms with van der Waals surface area (Å²) in [6, 6.07) is 0. The molecular weight excluding hydrogens is 234 g/mol. The van der Waals surface area contributed by atoms with E-state index in [2.05, 4.69) is 38.0 Å². The summed E-state index contributed by atoms with van der Waals surface area (Å²) in [6.07, 6.45) is 2.20. The summed E-state index contributed by atoms with van der Waals surface area (Å²) in [4.78, 5) is 4.28. The third-order valence-corrected chi connectivity index (χ3v) is 2.82. The molecule has 1 aliphatic rings. The van der Waals surface area contributed by atoms with Gasteiger partial charge in [0.2, 0.25) is 4.73 Å². The lowest BCUT2D eigenvalue weighted by molar-refractivity contribution is 0.0385. The fraction of sp³-hybridized carbons (Fsp3) is 0.750. The molecule has 0 aromatic carbocycles. The van der Waals surface area contributed by atoms with Gasteiger partial charge in [0, 0.05) is 6.61 Å². The number of aromatic nitrogens is 3. The Morgan fingerprint density at radius 1 is 1.62 bits per heavy atom. The third-order valence-electron chi connectivity index (χ3n) is 2.47. The van der Waals surface area contributed by atoms with Gasteiger partial charge in [-0.25, -0.2) is 4.98 Å². The zero-order valence-electron chi connectivity index (χ0n) is 7.51. The minimum atomic E-state index is 0.0112. The summed E-state index contributed by atoms with van der Waals surface area (Å²) >= 11 is 3.23. The third kappa shape index (κ3) is 1.76. The van der Waals surface area contributed by atoms with E-state index in [9.17, 15) is 0 Å². The molecule has 2 heterocycles. The number of hydrogen-bond donors (Lipinski definition) is 1. The van der Waals surface area contributed by atoms with Crippen LogP contribution in [-0.4, -0.2) is 28.4 Å². The Morgan fingerprint density at radius 3 is 3.00 bits per heavy atom. The highest BCUT2D eigenvalue weighted by Gasteiger charge is 2.32. The van der Waals surface area contributed by atoms with Crippen LogP contribution in [-0.2, 0) is 10.2 Å². The molecule has 1 saturated heterocycles. The lowest BCUT2D eigenvalue weighted by Crippen LogP contribution is -2.34. The Labute approximate surface area is 85.2 Å². The molecule has 1 N–H and O–H groups in total. The smallest absolute Gasteiger partial charge is 0.217 e. The zero-order chi connectivity index (χ0) is 9.31. The minimum absolute atomic E-state index is 0.0112. The van der Waals surface area contributed by atoms with Crippen LogP contribution in [0.15, 0.2) is 4.73 Å². The van der Waals surface area contributed by atoms with Gasteiger partial charge in [-0.3, -0.25) is 5.10 Å². The summed E-state index contributed by atoms with van der Waals surface area (Å²) in [5.41, 5.74) is 0.0112. The monoisotopic (exact) mass is 245 g/mol. The van der Waals surface area contributed by atoms with Gasteiger partial charge in [-0.2, -0.15) is 0 Å². The van der Waals surface area contributed by atoms with Gasteiger partial charge in [-0.05, 0) is 28.8 Å². The summed E-state index contributed by atoms with van der Waals surface area (Å²) in [6.45, 7) is 3.75. The summed E-state index contributed by atoms with van der Waals surface area (Å²) in [5.74, 6) is 0.916. The highest BCUT2D eigenvalue weighted by atomic mass is 79.9. The SMILES string of the molecule is CC1(c2nc(Br)n[nH]2)CCCOC1. The first-order valence-corrected chi connectivity index (χ1v) is 5.16. The average molecular weight is 246 g/mol. The van der Waals surface area contributed by atoms with Gasteiger partial charge in [-0.15, -0.1) is 5.10 Å². The van der Waals surface area contributed by atoms with Gasteiger partial charge < -0.3 is 4.74 Å². The summed E-state index contributed by atoms with van der Waals surface area (Å²) in [7, 11) is 0. The van der Waals surface area contributed by atoms with Crippen molar-refractivity contribution in [3.8, 4) is 0 Å². The van der Waals surface area contributed by atoms with E-state index in [0.29, 0.717) is 4.73 Å². The molecule has 1 unspecified atom stereocenters. The molecule has 13 heavy (non-hydrogen) atoms. The quantitative estimate of drug-likeness (QED) is 0.819. The van der Waals surface area contributed by atoms with Crippen LogP contribution in [0.1, 0.15) is 25.6 Å². The first-order valence-electron chi connectivity index (χ1n) is 4.37. The molecule has 1 fully saturated rings. The first-order chi connectivity index (χ1) is 6.21. The molecule has 0 saturated carbocycles. The number of aromatic amines is 1. The van der Waals surface area contributed by atoms with Crippen molar-refractivity contribution in [2.24, 2.45) is 0 Å². The Balaban J connectivity index is 2.22.